The molecule has 0 saturated heterocycles. The van der Waals surface area contributed by atoms with Crippen LogP contribution in [0.3, 0.4) is 0 Å². The minimum atomic E-state index is 0.552. The van der Waals surface area contributed by atoms with Gasteiger partial charge in [-0.25, -0.2) is 0 Å². The molecule has 0 heterocycles. The molecule has 13 heavy (non-hydrogen) atoms. The molecule has 1 N–H and O–H groups in total. The SMILES string of the molecule is CCSCCCNC1(CC)CCC1. The van der Waals surface area contributed by atoms with E-state index in [1.807, 2.05) is 0 Å². The van der Waals surface area contributed by atoms with Crippen LogP contribution in [0.1, 0.15) is 46.0 Å². The van der Waals surface area contributed by atoms with E-state index < -0.39 is 0 Å². The summed E-state index contributed by atoms with van der Waals surface area (Å²) in [5.74, 6) is 2.59. The first kappa shape index (κ1) is 11.4. The second-order valence-corrected chi connectivity index (χ2v) is 5.36. The van der Waals surface area contributed by atoms with E-state index in [0.717, 1.165) is 0 Å². The summed E-state index contributed by atoms with van der Waals surface area (Å²) in [6, 6.07) is 0. The Morgan fingerprint density at radius 3 is 2.54 bits per heavy atom. The maximum absolute atomic E-state index is 3.73. The van der Waals surface area contributed by atoms with Crippen LogP contribution in [0, 0.1) is 0 Å². The Balaban J connectivity index is 1.98. The second kappa shape index (κ2) is 5.92. The van der Waals surface area contributed by atoms with E-state index in [0.29, 0.717) is 5.54 Å². The molecule has 0 unspecified atom stereocenters. The van der Waals surface area contributed by atoms with Crippen molar-refractivity contribution in [2.45, 2.75) is 51.5 Å². The molecular weight excluding hydrogens is 178 g/mol. The highest BCUT2D eigenvalue weighted by molar-refractivity contribution is 7.99. The van der Waals surface area contributed by atoms with E-state index in [1.54, 1.807) is 0 Å². The molecule has 1 aliphatic carbocycles. The third-order valence-electron chi connectivity index (χ3n) is 3.16. The zero-order valence-corrected chi connectivity index (χ0v) is 9.88. The zero-order chi connectivity index (χ0) is 9.57. The molecule has 0 bridgehead atoms. The minimum absolute atomic E-state index is 0.552. The van der Waals surface area contributed by atoms with Gasteiger partial charge in [-0.3, -0.25) is 0 Å². The van der Waals surface area contributed by atoms with Gasteiger partial charge in [-0.15, -0.1) is 0 Å². The summed E-state index contributed by atoms with van der Waals surface area (Å²) in [5, 5.41) is 3.73. The zero-order valence-electron chi connectivity index (χ0n) is 9.07. The first-order chi connectivity index (χ1) is 6.33. The van der Waals surface area contributed by atoms with Crippen LogP contribution in [0.15, 0.2) is 0 Å². The van der Waals surface area contributed by atoms with Crippen LogP contribution in [0.5, 0.6) is 0 Å². The van der Waals surface area contributed by atoms with Crippen molar-refractivity contribution >= 4 is 11.8 Å². The fraction of sp³-hybridized carbons (Fsp3) is 1.00. The predicted molar refractivity (Wildman–Crippen MR) is 62.5 cm³/mol. The van der Waals surface area contributed by atoms with Crippen molar-refractivity contribution in [3.05, 3.63) is 0 Å². The summed E-state index contributed by atoms with van der Waals surface area (Å²) in [4.78, 5) is 0. The van der Waals surface area contributed by atoms with Gasteiger partial charge in [0, 0.05) is 5.54 Å². The maximum Gasteiger partial charge on any atom is 0.0178 e. The minimum Gasteiger partial charge on any atom is -0.311 e. The van der Waals surface area contributed by atoms with Crippen molar-refractivity contribution in [2.75, 3.05) is 18.1 Å². The van der Waals surface area contributed by atoms with Crippen LogP contribution in [0.25, 0.3) is 0 Å². The summed E-state index contributed by atoms with van der Waals surface area (Å²) in [7, 11) is 0. The highest BCUT2D eigenvalue weighted by Crippen LogP contribution is 2.34. The number of thioether (sulfide) groups is 1. The van der Waals surface area contributed by atoms with Crippen molar-refractivity contribution in [1.82, 2.24) is 5.32 Å². The number of hydrogen-bond donors (Lipinski definition) is 1. The Kier molecular flexibility index (Phi) is 5.18. The van der Waals surface area contributed by atoms with Crippen molar-refractivity contribution in [3.8, 4) is 0 Å². The van der Waals surface area contributed by atoms with Crippen LogP contribution in [0.2, 0.25) is 0 Å². The topological polar surface area (TPSA) is 12.0 Å². The van der Waals surface area contributed by atoms with Gasteiger partial charge in [-0.05, 0) is 50.2 Å². The normalized spacial score (nSPS) is 19.8. The van der Waals surface area contributed by atoms with Crippen LogP contribution in [-0.4, -0.2) is 23.6 Å². The first-order valence-electron chi connectivity index (χ1n) is 5.66. The van der Waals surface area contributed by atoms with Gasteiger partial charge in [-0.1, -0.05) is 13.8 Å². The molecule has 1 rings (SSSR count). The average molecular weight is 201 g/mol. The molecule has 0 radical (unpaired) electrons. The Bertz CT molecular complexity index is 127. The molecule has 1 nitrogen and oxygen atoms in total. The molecule has 0 amide bonds. The average Bonchev–Trinajstić information content (AvgIpc) is 2.09. The molecule has 0 aliphatic heterocycles. The van der Waals surface area contributed by atoms with E-state index in [2.05, 4.69) is 30.9 Å². The van der Waals surface area contributed by atoms with Gasteiger partial charge in [0.25, 0.3) is 0 Å². The van der Waals surface area contributed by atoms with Crippen molar-refractivity contribution in [1.29, 1.82) is 0 Å². The van der Waals surface area contributed by atoms with Gasteiger partial charge >= 0.3 is 0 Å². The third-order valence-corrected chi connectivity index (χ3v) is 4.14. The highest BCUT2D eigenvalue weighted by Gasteiger charge is 2.33. The summed E-state index contributed by atoms with van der Waals surface area (Å²) < 4.78 is 0. The molecular formula is C11H23NS. The number of hydrogen-bond acceptors (Lipinski definition) is 2. The second-order valence-electron chi connectivity index (χ2n) is 3.96. The summed E-state index contributed by atoms with van der Waals surface area (Å²) >= 11 is 2.05. The molecule has 0 spiro atoms. The lowest BCUT2D eigenvalue weighted by atomic mass is 9.75. The fourth-order valence-corrected chi connectivity index (χ4v) is 2.57. The molecule has 1 aliphatic rings. The van der Waals surface area contributed by atoms with Crippen molar-refractivity contribution < 1.29 is 0 Å². The van der Waals surface area contributed by atoms with Crippen LogP contribution < -0.4 is 5.32 Å². The summed E-state index contributed by atoms with van der Waals surface area (Å²) in [5.41, 5.74) is 0.552. The summed E-state index contributed by atoms with van der Waals surface area (Å²) in [6.45, 7) is 5.77. The molecule has 1 saturated carbocycles. The Labute approximate surface area is 87.1 Å². The van der Waals surface area contributed by atoms with Crippen LogP contribution in [0.4, 0.5) is 0 Å². The molecule has 0 aromatic carbocycles. The van der Waals surface area contributed by atoms with Gasteiger partial charge < -0.3 is 5.32 Å². The van der Waals surface area contributed by atoms with Crippen molar-refractivity contribution in [2.24, 2.45) is 0 Å². The van der Waals surface area contributed by atoms with Gasteiger partial charge in [0.2, 0.25) is 0 Å². The monoisotopic (exact) mass is 201 g/mol. The van der Waals surface area contributed by atoms with E-state index in [9.17, 15) is 0 Å². The Morgan fingerprint density at radius 1 is 1.31 bits per heavy atom. The Hall–Kier alpha value is 0.310. The van der Waals surface area contributed by atoms with Gasteiger partial charge in [-0.2, -0.15) is 11.8 Å². The van der Waals surface area contributed by atoms with Crippen molar-refractivity contribution in [3.63, 3.8) is 0 Å². The van der Waals surface area contributed by atoms with Gasteiger partial charge in [0.15, 0.2) is 0 Å². The number of rotatable bonds is 7. The van der Waals surface area contributed by atoms with Crippen LogP contribution >= 0.6 is 11.8 Å². The molecule has 78 valence electrons. The Morgan fingerprint density at radius 2 is 2.08 bits per heavy atom. The van der Waals surface area contributed by atoms with E-state index in [4.69, 9.17) is 0 Å². The van der Waals surface area contributed by atoms with E-state index in [-0.39, 0.29) is 0 Å². The predicted octanol–water partition coefficient (Wildman–Crippen LogP) is 3.05. The van der Waals surface area contributed by atoms with E-state index in [1.165, 1.54) is 50.2 Å². The smallest absolute Gasteiger partial charge is 0.0178 e. The van der Waals surface area contributed by atoms with Gasteiger partial charge in [0.05, 0.1) is 0 Å². The molecule has 0 atom stereocenters. The van der Waals surface area contributed by atoms with Gasteiger partial charge in [0.1, 0.15) is 0 Å². The lowest BCUT2D eigenvalue weighted by molar-refractivity contribution is 0.178. The highest BCUT2D eigenvalue weighted by atomic mass is 32.2. The lowest BCUT2D eigenvalue weighted by Crippen LogP contribution is -2.50. The quantitative estimate of drug-likeness (QED) is 0.635. The molecule has 0 aromatic rings. The van der Waals surface area contributed by atoms with E-state index >= 15 is 0 Å². The maximum atomic E-state index is 3.73. The fourth-order valence-electron chi connectivity index (χ4n) is 1.93. The molecule has 0 aromatic heterocycles. The third kappa shape index (κ3) is 3.51. The standard InChI is InChI=1S/C11H23NS/c1-3-11(7-5-8-11)12-9-6-10-13-4-2/h12H,3-10H2,1-2H3. The summed E-state index contributed by atoms with van der Waals surface area (Å²) in [6.07, 6.45) is 6.90. The largest absolute Gasteiger partial charge is 0.311 e. The molecule has 2 heteroatoms. The molecule has 1 fully saturated rings. The first-order valence-corrected chi connectivity index (χ1v) is 6.81. The van der Waals surface area contributed by atoms with Crippen LogP contribution in [-0.2, 0) is 0 Å². The number of nitrogens with one attached hydrogen (secondary N) is 1. The lowest BCUT2D eigenvalue weighted by Gasteiger charge is -2.42.